The molecular formula is C12H14O4. The number of ether oxygens (including phenoxy) is 3. The molecular weight excluding hydrogens is 208 g/mol. The molecule has 1 rings (SSSR count). The summed E-state index contributed by atoms with van der Waals surface area (Å²) < 4.78 is 14.8. The maximum Gasteiger partial charge on any atom is 0.188 e. The van der Waals surface area contributed by atoms with Crippen molar-refractivity contribution in [3.63, 3.8) is 0 Å². The molecule has 0 N–H and O–H groups in total. The number of carbonyl (C=O) groups excluding carboxylic acids is 1. The molecule has 0 aromatic heterocycles. The van der Waals surface area contributed by atoms with Crippen LogP contribution in [0.4, 0.5) is 0 Å². The SMILES string of the molecule is COCOc1ccc(C=C(C=O)OC)cc1. The molecule has 4 nitrogen and oxygen atoms in total. The molecule has 0 radical (unpaired) electrons. The van der Waals surface area contributed by atoms with E-state index in [1.807, 2.05) is 12.1 Å². The van der Waals surface area contributed by atoms with E-state index < -0.39 is 0 Å². The molecule has 0 bridgehead atoms. The third-order valence-corrected chi connectivity index (χ3v) is 1.88. The first-order chi connectivity index (χ1) is 7.80. The Balaban J connectivity index is 2.70. The van der Waals surface area contributed by atoms with E-state index >= 15 is 0 Å². The van der Waals surface area contributed by atoms with Gasteiger partial charge in [0.2, 0.25) is 0 Å². The van der Waals surface area contributed by atoms with Crippen LogP contribution in [0.1, 0.15) is 5.56 Å². The number of allylic oxidation sites excluding steroid dienone is 1. The molecule has 0 amide bonds. The van der Waals surface area contributed by atoms with Crippen molar-refractivity contribution in [1.29, 1.82) is 0 Å². The number of hydrogen-bond acceptors (Lipinski definition) is 4. The summed E-state index contributed by atoms with van der Waals surface area (Å²) in [6.45, 7) is 0.215. The predicted molar refractivity (Wildman–Crippen MR) is 60.0 cm³/mol. The van der Waals surface area contributed by atoms with Crippen LogP contribution in [0.15, 0.2) is 30.0 Å². The fourth-order valence-electron chi connectivity index (χ4n) is 1.09. The molecule has 0 aliphatic rings. The van der Waals surface area contributed by atoms with E-state index in [9.17, 15) is 4.79 Å². The summed E-state index contributed by atoms with van der Waals surface area (Å²) in [6, 6.07) is 7.24. The number of rotatable bonds is 6. The minimum atomic E-state index is 0.215. The average Bonchev–Trinajstić information content (AvgIpc) is 2.35. The lowest BCUT2D eigenvalue weighted by molar-refractivity contribution is -0.107. The van der Waals surface area contributed by atoms with Gasteiger partial charge >= 0.3 is 0 Å². The molecule has 0 atom stereocenters. The van der Waals surface area contributed by atoms with Crippen molar-refractivity contribution in [2.45, 2.75) is 0 Å². The predicted octanol–water partition coefficient (Wildman–Crippen LogP) is 1.86. The number of benzene rings is 1. The van der Waals surface area contributed by atoms with Crippen LogP contribution in [0.2, 0.25) is 0 Å². The van der Waals surface area contributed by atoms with Crippen LogP contribution in [0.25, 0.3) is 6.08 Å². The molecule has 4 heteroatoms. The van der Waals surface area contributed by atoms with Gasteiger partial charge in [0.15, 0.2) is 18.8 Å². The third-order valence-electron chi connectivity index (χ3n) is 1.88. The van der Waals surface area contributed by atoms with E-state index in [0.29, 0.717) is 12.0 Å². The highest BCUT2D eigenvalue weighted by atomic mass is 16.7. The van der Waals surface area contributed by atoms with Crippen molar-refractivity contribution in [3.05, 3.63) is 35.6 Å². The normalized spacial score (nSPS) is 11.0. The van der Waals surface area contributed by atoms with E-state index in [-0.39, 0.29) is 12.6 Å². The Morgan fingerprint density at radius 2 is 1.94 bits per heavy atom. The molecule has 86 valence electrons. The standard InChI is InChI=1S/C12H14O4/c1-14-9-16-11-5-3-10(4-6-11)7-12(8-13)15-2/h3-8H,9H2,1-2H3. The minimum absolute atomic E-state index is 0.215. The average molecular weight is 222 g/mol. The summed E-state index contributed by atoms with van der Waals surface area (Å²) in [4.78, 5) is 10.5. The number of aldehydes is 1. The maximum absolute atomic E-state index is 10.5. The summed E-state index contributed by atoms with van der Waals surface area (Å²) in [5.74, 6) is 0.995. The second kappa shape index (κ2) is 6.63. The lowest BCUT2D eigenvalue weighted by Gasteiger charge is -2.04. The van der Waals surface area contributed by atoms with Gasteiger partial charge < -0.3 is 14.2 Å². The van der Waals surface area contributed by atoms with E-state index in [1.54, 1.807) is 25.3 Å². The summed E-state index contributed by atoms with van der Waals surface area (Å²) in [7, 11) is 3.02. The van der Waals surface area contributed by atoms with Crippen LogP contribution in [-0.4, -0.2) is 27.3 Å². The molecule has 1 aromatic carbocycles. The lowest BCUT2D eigenvalue weighted by Crippen LogP contribution is -1.98. The molecule has 0 aliphatic heterocycles. The molecule has 1 aromatic rings. The summed E-state index contributed by atoms with van der Waals surface area (Å²) in [5, 5.41) is 0. The second-order valence-corrected chi connectivity index (χ2v) is 2.99. The van der Waals surface area contributed by atoms with Crippen LogP contribution in [0, 0.1) is 0 Å². The van der Waals surface area contributed by atoms with Gasteiger partial charge in [-0.25, -0.2) is 0 Å². The van der Waals surface area contributed by atoms with Crippen molar-refractivity contribution < 1.29 is 19.0 Å². The molecule has 16 heavy (non-hydrogen) atoms. The fourth-order valence-corrected chi connectivity index (χ4v) is 1.09. The zero-order valence-corrected chi connectivity index (χ0v) is 9.30. The third kappa shape index (κ3) is 3.74. The highest BCUT2D eigenvalue weighted by Gasteiger charge is 1.96. The Labute approximate surface area is 94.4 Å². The monoisotopic (exact) mass is 222 g/mol. The van der Waals surface area contributed by atoms with Gasteiger partial charge in [0, 0.05) is 7.11 Å². The molecule has 0 saturated carbocycles. The quantitative estimate of drug-likeness (QED) is 0.319. The first kappa shape index (κ1) is 12.3. The molecule has 0 unspecified atom stereocenters. The van der Waals surface area contributed by atoms with E-state index in [4.69, 9.17) is 14.2 Å². The topological polar surface area (TPSA) is 44.8 Å². The minimum Gasteiger partial charge on any atom is -0.493 e. The fraction of sp³-hybridized carbons (Fsp3) is 0.250. The Morgan fingerprint density at radius 3 is 2.44 bits per heavy atom. The van der Waals surface area contributed by atoms with E-state index in [1.165, 1.54) is 7.11 Å². The Bertz CT molecular complexity index is 354. The first-order valence-electron chi connectivity index (χ1n) is 4.73. The van der Waals surface area contributed by atoms with Crippen molar-refractivity contribution in [3.8, 4) is 5.75 Å². The van der Waals surface area contributed by atoms with Gasteiger partial charge in [0.1, 0.15) is 5.75 Å². The summed E-state index contributed by atoms with van der Waals surface area (Å²) in [6.07, 6.45) is 2.31. The van der Waals surface area contributed by atoms with Gasteiger partial charge in [-0.2, -0.15) is 0 Å². The van der Waals surface area contributed by atoms with Crippen LogP contribution >= 0.6 is 0 Å². The molecule has 0 saturated heterocycles. The Kier molecular flexibility index (Phi) is 5.08. The zero-order valence-electron chi connectivity index (χ0n) is 9.30. The lowest BCUT2D eigenvalue weighted by atomic mass is 10.2. The highest BCUT2D eigenvalue weighted by Crippen LogP contribution is 2.14. The van der Waals surface area contributed by atoms with Gasteiger partial charge in [0.05, 0.1) is 7.11 Å². The van der Waals surface area contributed by atoms with Gasteiger partial charge in [-0.15, -0.1) is 0 Å². The van der Waals surface area contributed by atoms with Gasteiger partial charge in [-0.3, -0.25) is 4.79 Å². The molecule has 0 aliphatic carbocycles. The van der Waals surface area contributed by atoms with E-state index in [2.05, 4.69) is 0 Å². The summed E-state index contributed by atoms with van der Waals surface area (Å²) in [5.41, 5.74) is 0.869. The number of carbonyl (C=O) groups is 1. The Morgan fingerprint density at radius 1 is 1.25 bits per heavy atom. The van der Waals surface area contributed by atoms with Crippen LogP contribution in [0.3, 0.4) is 0 Å². The largest absolute Gasteiger partial charge is 0.493 e. The van der Waals surface area contributed by atoms with Gasteiger partial charge in [-0.05, 0) is 23.8 Å². The van der Waals surface area contributed by atoms with Gasteiger partial charge in [-0.1, -0.05) is 12.1 Å². The van der Waals surface area contributed by atoms with Crippen LogP contribution in [0.5, 0.6) is 5.75 Å². The van der Waals surface area contributed by atoms with Crippen LogP contribution < -0.4 is 4.74 Å². The molecule has 0 spiro atoms. The first-order valence-corrected chi connectivity index (χ1v) is 4.73. The Hall–Kier alpha value is -1.81. The second-order valence-electron chi connectivity index (χ2n) is 2.99. The van der Waals surface area contributed by atoms with E-state index in [0.717, 1.165) is 5.56 Å². The van der Waals surface area contributed by atoms with Gasteiger partial charge in [0.25, 0.3) is 0 Å². The zero-order chi connectivity index (χ0) is 11.8. The van der Waals surface area contributed by atoms with Crippen LogP contribution in [-0.2, 0) is 14.3 Å². The maximum atomic E-state index is 10.5. The van der Waals surface area contributed by atoms with Crippen molar-refractivity contribution in [2.24, 2.45) is 0 Å². The number of hydrogen-bond donors (Lipinski definition) is 0. The van der Waals surface area contributed by atoms with Crippen molar-refractivity contribution in [1.82, 2.24) is 0 Å². The molecule has 0 heterocycles. The van der Waals surface area contributed by atoms with Crippen molar-refractivity contribution >= 4 is 12.4 Å². The molecule has 0 fully saturated rings. The highest BCUT2D eigenvalue weighted by molar-refractivity contribution is 5.78. The smallest absolute Gasteiger partial charge is 0.188 e. The summed E-state index contributed by atoms with van der Waals surface area (Å²) >= 11 is 0. The number of methoxy groups -OCH3 is 2. The van der Waals surface area contributed by atoms with Crippen molar-refractivity contribution in [2.75, 3.05) is 21.0 Å².